The van der Waals surface area contributed by atoms with Gasteiger partial charge in [-0.3, -0.25) is 0 Å². The highest BCUT2D eigenvalue weighted by Gasteiger charge is 1.98. The average molecular weight is 203 g/mol. The highest BCUT2D eigenvalue weighted by atomic mass is 14.9. The lowest BCUT2D eigenvalue weighted by atomic mass is 10.1. The van der Waals surface area contributed by atoms with Crippen molar-refractivity contribution in [2.75, 3.05) is 25.0 Å². The Morgan fingerprint density at radius 3 is 2.73 bits per heavy atom. The van der Waals surface area contributed by atoms with Crippen LogP contribution in [0.4, 0.5) is 5.69 Å². The van der Waals surface area contributed by atoms with Crippen molar-refractivity contribution in [3.63, 3.8) is 0 Å². The number of nitrogens with zero attached hydrogens (tertiary/aromatic N) is 1. The minimum absolute atomic E-state index is 0.713. The highest BCUT2D eigenvalue weighted by molar-refractivity contribution is 5.53. The van der Waals surface area contributed by atoms with Gasteiger partial charge in [-0.2, -0.15) is 5.26 Å². The van der Waals surface area contributed by atoms with Gasteiger partial charge in [-0.1, -0.05) is 6.92 Å². The molecule has 0 amide bonds. The van der Waals surface area contributed by atoms with E-state index in [4.69, 9.17) is 5.26 Å². The number of anilines is 1. The number of hydrogen-bond donors (Lipinski definition) is 2. The summed E-state index contributed by atoms with van der Waals surface area (Å²) in [4.78, 5) is 0. The van der Waals surface area contributed by atoms with Crippen LogP contribution in [-0.4, -0.2) is 19.6 Å². The topological polar surface area (TPSA) is 47.8 Å². The molecule has 3 heteroatoms. The van der Waals surface area contributed by atoms with E-state index in [0.29, 0.717) is 5.56 Å². The maximum absolute atomic E-state index is 8.72. The molecule has 0 aliphatic heterocycles. The summed E-state index contributed by atoms with van der Waals surface area (Å²) in [6.45, 7) is 6.95. The molecule has 1 aromatic rings. The number of benzene rings is 1. The average Bonchev–Trinajstić information content (AvgIpc) is 2.26. The first-order valence-corrected chi connectivity index (χ1v) is 5.23. The minimum atomic E-state index is 0.713. The predicted octanol–water partition coefficient (Wildman–Crippen LogP) is 1.89. The minimum Gasteiger partial charge on any atom is -0.384 e. The standard InChI is InChI=1S/C12H17N3/c1-3-14-6-7-15-12-5-4-11(9-13)8-10(12)2/h4-5,8,14-15H,3,6-7H2,1-2H3. The van der Waals surface area contributed by atoms with Crippen LogP contribution in [0.25, 0.3) is 0 Å². The van der Waals surface area contributed by atoms with Gasteiger partial charge in [0, 0.05) is 18.8 Å². The van der Waals surface area contributed by atoms with E-state index in [2.05, 4.69) is 23.6 Å². The summed E-state index contributed by atoms with van der Waals surface area (Å²) in [6, 6.07) is 7.82. The van der Waals surface area contributed by atoms with Crippen LogP contribution in [-0.2, 0) is 0 Å². The van der Waals surface area contributed by atoms with Gasteiger partial charge in [-0.15, -0.1) is 0 Å². The van der Waals surface area contributed by atoms with E-state index in [1.54, 1.807) is 0 Å². The lowest BCUT2D eigenvalue weighted by Gasteiger charge is -2.09. The van der Waals surface area contributed by atoms with Crippen LogP contribution < -0.4 is 10.6 Å². The van der Waals surface area contributed by atoms with Gasteiger partial charge in [0.05, 0.1) is 11.6 Å². The number of rotatable bonds is 5. The Labute approximate surface area is 91.1 Å². The molecule has 1 rings (SSSR count). The van der Waals surface area contributed by atoms with E-state index < -0.39 is 0 Å². The van der Waals surface area contributed by atoms with Gasteiger partial charge < -0.3 is 10.6 Å². The van der Waals surface area contributed by atoms with Crippen LogP contribution in [0.1, 0.15) is 18.1 Å². The molecule has 0 unspecified atom stereocenters. The fourth-order valence-corrected chi connectivity index (χ4v) is 1.39. The molecule has 1 aromatic carbocycles. The first-order chi connectivity index (χ1) is 7.27. The number of nitrogens with one attached hydrogen (secondary N) is 2. The Morgan fingerprint density at radius 1 is 1.33 bits per heavy atom. The molecule has 0 heterocycles. The quantitative estimate of drug-likeness (QED) is 0.718. The van der Waals surface area contributed by atoms with E-state index in [0.717, 1.165) is 30.9 Å². The SMILES string of the molecule is CCNCCNc1ccc(C#N)cc1C. The summed E-state index contributed by atoms with van der Waals surface area (Å²) >= 11 is 0. The Bertz CT molecular complexity index is 352. The second kappa shape index (κ2) is 6.05. The molecule has 0 atom stereocenters. The van der Waals surface area contributed by atoms with E-state index in [1.165, 1.54) is 0 Å². The molecular weight excluding hydrogens is 186 g/mol. The van der Waals surface area contributed by atoms with Gasteiger partial charge in [0.15, 0.2) is 0 Å². The Hall–Kier alpha value is -1.53. The lowest BCUT2D eigenvalue weighted by Crippen LogP contribution is -2.21. The molecule has 15 heavy (non-hydrogen) atoms. The molecule has 3 nitrogen and oxygen atoms in total. The normalized spacial score (nSPS) is 9.67. The van der Waals surface area contributed by atoms with Crippen LogP contribution in [0.15, 0.2) is 18.2 Å². The molecule has 0 saturated heterocycles. The van der Waals surface area contributed by atoms with Crippen molar-refractivity contribution >= 4 is 5.69 Å². The predicted molar refractivity (Wildman–Crippen MR) is 62.9 cm³/mol. The Kier molecular flexibility index (Phi) is 4.65. The molecule has 0 aliphatic rings. The number of aryl methyl sites for hydroxylation is 1. The molecule has 0 aliphatic carbocycles. The molecule has 0 saturated carbocycles. The monoisotopic (exact) mass is 203 g/mol. The third-order valence-electron chi connectivity index (χ3n) is 2.22. The lowest BCUT2D eigenvalue weighted by molar-refractivity contribution is 0.739. The summed E-state index contributed by atoms with van der Waals surface area (Å²) in [5.74, 6) is 0. The van der Waals surface area contributed by atoms with Gasteiger partial charge in [0.2, 0.25) is 0 Å². The second-order valence-electron chi connectivity index (χ2n) is 3.42. The van der Waals surface area contributed by atoms with Crippen molar-refractivity contribution in [2.24, 2.45) is 0 Å². The first-order valence-electron chi connectivity index (χ1n) is 5.23. The highest BCUT2D eigenvalue weighted by Crippen LogP contribution is 2.15. The van der Waals surface area contributed by atoms with Crippen molar-refractivity contribution in [3.05, 3.63) is 29.3 Å². The summed E-state index contributed by atoms with van der Waals surface area (Å²) in [6.07, 6.45) is 0. The maximum atomic E-state index is 8.72. The summed E-state index contributed by atoms with van der Waals surface area (Å²) in [5.41, 5.74) is 2.93. The van der Waals surface area contributed by atoms with E-state index in [1.807, 2.05) is 25.1 Å². The van der Waals surface area contributed by atoms with Crippen LogP contribution in [0, 0.1) is 18.3 Å². The van der Waals surface area contributed by atoms with Crippen LogP contribution in [0.3, 0.4) is 0 Å². The van der Waals surface area contributed by atoms with Crippen molar-refractivity contribution in [2.45, 2.75) is 13.8 Å². The summed E-state index contributed by atoms with van der Waals surface area (Å²) in [7, 11) is 0. The zero-order valence-corrected chi connectivity index (χ0v) is 9.30. The zero-order valence-electron chi connectivity index (χ0n) is 9.30. The van der Waals surface area contributed by atoms with Crippen LogP contribution in [0.5, 0.6) is 0 Å². The third kappa shape index (κ3) is 3.61. The fourth-order valence-electron chi connectivity index (χ4n) is 1.39. The molecule has 2 N–H and O–H groups in total. The zero-order chi connectivity index (χ0) is 11.1. The molecule has 80 valence electrons. The molecule has 0 radical (unpaired) electrons. The maximum Gasteiger partial charge on any atom is 0.0991 e. The van der Waals surface area contributed by atoms with Gasteiger partial charge in [-0.05, 0) is 37.2 Å². The van der Waals surface area contributed by atoms with Gasteiger partial charge >= 0.3 is 0 Å². The number of hydrogen-bond acceptors (Lipinski definition) is 3. The number of nitriles is 1. The summed E-state index contributed by atoms with van der Waals surface area (Å²) < 4.78 is 0. The summed E-state index contributed by atoms with van der Waals surface area (Å²) in [5, 5.41) is 15.3. The first kappa shape index (κ1) is 11.5. The molecular formula is C12H17N3. The van der Waals surface area contributed by atoms with Crippen molar-refractivity contribution in [3.8, 4) is 6.07 Å². The Morgan fingerprint density at radius 2 is 2.13 bits per heavy atom. The van der Waals surface area contributed by atoms with Crippen molar-refractivity contribution in [1.82, 2.24) is 5.32 Å². The van der Waals surface area contributed by atoms with Gasteiger partial charge in [-0.25, -0.2) is 0 Å². The van der Waals surface area contributed by atoms with E-state index >= 15 is 0 Å². The number of likely N-dealkylation sites (N-methyl/N-ethyl adjacent to an activating group) is 1. The van der Waals surface area contributed by atoms with Crippen molar-refractivity contribution in [1.29, 1.82) is 5.26 Å². The van der Waals surface area contributed by atoms with Gasteiger partial charge in [0.1, 0.15) is 0 Å². The Balaban J connectivity index is 2.52. The van der Waals surface area contributed by atoms with Crippen LogP contribution >= 0.6 is 0 Å². The molecule has 0 bridgehead atoms. The third-order valence-corrected chi connectivity index (χ3v) is 2.22. The second-order valence-corrected chi connectivity index (χ2v) is 3.42. The smallest absolute Gasteiger partial charge is 0.0991 e. The molecule has 0 fully saturated rings. The fraction of sp³-hybridized carbons (Fsp3) is 0.417. The molecule has 0 spiro atoms. The molecule has 0 aromatic heterocycles. The van der Waals surface area contributed by atoms with E-state index in [-0.39, 0.29) is 0 Å². The van der Waals surface area contributed by atoms with Crippen LogP contribution in [0.2, 0.25) is 0 Å². The van der Waals surface area contributed by atoms with E-state index in [9.17, 15) is 0 Å². The van der Waals surface area contributed by atoms with Gasteiger partial charge in [0.25, 0.3) is 0 Å². The largest absolute Gasteiger partial charge is 0.384 e. The van der Waals surface area contributed by atoms with Crippen molar-refractivity contribution < 1.29 is 0 Å².